The number of hydrogen-bond acceptors (Lipinski definition) is 7. The molecule has 4 rings (SSSR count). The Bertz CT molecular complexity index is 1120. The van der Waals surface area contributed by atoms with Crippen LogP contribution in [0.1, 0.15) is 17.4 Å². The van der Waals surface area contributed by atoms with Crippen molar-refractivity contribution in [1.29, 1.82) is 0 Å². The van der Waals surface area contributed by atoms with Crippen LogP contribution < -0.4 is 4.90 Å². The number of nitrogens with zero attached hydrogens (tertiary/aromatic N) is 5. The monoisotopic (exact) mass is 423 g/mol. The Morgan fingerprint density at radius 3 is 2.77 bits per heavy atom. The van der Waals surface area contributed by atoms with Crippen LogP contribution in [0.2, 0.25) is 0 Å². The molecule has 1 amide bonds. The van der Waals surface area contributed by atoms with Crippen LogP contribution in [0.5, 0.6) is 0 Å². The predicted octanol–water partition coefficient (Wildman–Crippen LogP) is 3.52. The second kappa shape index (κ2) is 8.58. The van der Waals surface area contributed by atoms with Crippen LogP contribution in [-0.4, -0.2) is 51.9 Å². The van der Waals surface area contributed by atoms with E-state index in [0.717, 1.165) is 22.5 Å². The number of carbonyl (C=O) groups is 1. The molecule has 0 aliphatic carbocycles. The summed E-state index contributed by atoms with van der Waals surface area (Å²) in [6.45, 7) is 4.70. The Balaban J connectivity index is 1.41. The minimum atomic E-state index is -0.445. The van der Waals surface area contributed by atoms with Crippen LogP contribution in [0, 0.1) is 10.1 Å². The predicted molar refractivity (Wildman–Crippen MR) is 118 cm³/mol. The fourth-order valence-corrected chi connectivity index (χ4v) is 4.40. The van der Waals surface area contributed by atoms with Crippen molar-refractivity contribution in [3.8, 4) is 0 Å². The SMILES string of the molecule is CCc1cc2c(N3CCN(C(=O)/C=C/c4cccc([N+](=O)[O-])c4)CC3)ncnc2s1. The Morgan fingerprint density at radius 1 is 1.23 bits per heavy atom. The minimum Gasteiger partial charge on any atom is -0.352 e. The zero-order valence-corrected chi connectivity index (χ0v) is 17.3. The molecule has 0 saturated carbocycles. The van der Waals surface area contributed by atoms with Gasteiger partial charge < -0.3 is 9.80 Å². The number of thiophene rings is 1. The van der Waals surface area contributed by atoms with Crippen LogP contribution in [0.25, 0.3) is 16.3 Å². The molecule has 0 N–H and O–H groups in total. The number of nitro benzene ring substituents is 1. The fraction of sp³-hybridized carbons (Fsp3) is 0.286. The number of piperazine rings is 1. The molecule has 0 atom stereocenters. The highest BCUT2D eigenvalue weighted by molar-refractivity contribution is 7.18. The normalized spacial score (nSPS) is 14.6. The molecular formula is C21H21N5O3S. The zero-order chi connectivity index (χ0) is 21.1. The zero-order valence-electron chi connectivity index (χ0n) is 16.5. The van der Waals surface area contributed by atoms with E-state index in [4.69, 9.17) is 0 Å². The molecule has 2 aromatic heterocycles. The number of aromatic nitrogens is 2. The van der Waals surface area contributed by atoms with Gasteiger partial charge in [0.15, 0.2) is 0 Å². The largest absolute Gasteiger partial charge is 0.352 e. The molecule has 0 bridgehead atoms. The first-order chi connectivity index (χ1) is 14.5. The van der Waals surface area contributed by atoms with Gasteiger partial charge >= 0.3 is 0 Å². The van der Waals surface area contributed by atoms with Gasteiger partial charge in [0.05, 0.1) is 10.3 Å². The second-order valence-electron chi connectivity index (χ2n) is 6.98. The van der Waals surface area contributed by atoms with Crippen molar-refractivity contribution in [3.63, 3.8) is 0 Å². The molecule has 9 heteroatoms. The number of carbonyl (C=O) groups excluding carboxylic acids is 1. The van der Waals surface area contributed by atoms with E-state index >= 15 is 0 Å². The lowest BCUT2D eigenvalue weighted by Crippen LogP contribution is -2.48. The van der Waals surface area contributed by atoms with Crippen molar-refractivity contribution in [1.82, 2.24) is 14.9 Å². The van der Waals surface area contributed by atoms with E-state index in [9.17, 15) is 14.9 Å². The average Bonchev–Trinajstić information content (AvgIpc) is 3.21. The number of benzene rings is 1. The Labute approximate surface area is 177 Å². The van der Waals surface area contributed by atoms with Crippen molar-refractivity contribution in [3.05, 3.63) is 63.3 Å². The second-order valence-corrected chi connectivity index (χ2v) is 8.10. The Morgan fingerprint density at radius 2 is 2.03 bits per heavy atom. The maximum absolute atomic E-state index is 12.6. The maximum Gasteiger partial charge on any atom is 0.270 e. The number of hydrogen-bond donors (Lipinski definition) is 0. The first-order valence-electron chi connectivity index (χ1n) is 9.75. The third kappa shape index (κ3) is 4.16. The first-order valence-corrected chi connectivity index (χ1v) is 10.6. The molecule has 0 spiro atoms. The molecule has 1 aliphatic heterocycles. The first kappa shape index (κ1) is 20.0. The van der Waals surface area contributed by atoms with Crippen LogP contribution in [0.15, 0.2) is 42.7 Å². The third-order valence-electron chi connectivity index (χ3n) is 5.10. The molecule has 0 radical (unpaired) electrons. The smallest absolute Gasteiger partial charge is 0.270 e. The molecule has 1 aliphatic rings. The highest BCUT2D eigenvalue weighted by Gasteiger charge is 2.22. The molecule has 0 unspecified atom stereocenters. The third-order valence-corrected chi connectivity index (χ3v) is 6.29. The van der Waals surface area contributed by atoms with E-state index in [-0.39, 0.29) is 11.6 Å². The molecule has 3 aromatic rings. The number of amides is 1. The minimum absolute atomic E-state index is 0.00837. The summed E-state index contributed by atoms with van der Waals surface area (Å²) in [5, 5.41) is 12.0. The van der Waals surface area contributed by atoms with E-state index in [2.05, 4.69) is 27.9 Å². The van der Waals surface area contributed by atoms with E-state index in [1.807, 2.05) is 0 Å². The summed E-state index contributed by atoms with van der Waals surface area (Å²) in [6, 6.07) is 8.39. The standard InChI is InChI=1S/C21H21N5O3S/c1-2-17-13-18-20(22-14-23-21(18)30-17)25-10-8-24(9-11-25)19(27)7-6-15-4-3-5-16(12-15)26(28)29/h3-7,12-14H,2,8-11H2,1H3/b7-6+. The van der Waals surface area contributed by atoms with Gasteiger partial charge in [0.1, 0.15) is 17.0 Å². The summed E-state index contributed by atoms with van der Waals surface area (Å²) in [5.41, 5.74) is 0.637. The number of aryl methyl sites for hydroxylation is 1. The fourth-order valence-electron chi connectivity index (χ4n) is 3.47. The molecule has 154 valence electrons. The lowest BCUT2D eigenvalue weighted by atomic mass is 10.2. The Hall–Kier alpha value is -3.33. The number of nitro groups is 1. The molecular weight excluding hydrogens is 402 g/mol. The van der Waals surface area contributed by atoms with Crippen molar-refractivity contribution >= 4 is 45.0 Å². The summed E-state index contributed by atoms with van der Waals surface area (Å²) in [6.07, 6.45) is 5.67. The lowest BCUT2D eigenvalue weighted by molar-refractivity contribution is -0.384. The van der Waals surface area contributed by atoms with Crippen LogP contribution in [-0.2, 0) is 11.2 Å². The summed E-state index contributed by atoms with van der Waals surface area (Å²) in [4.78, 5) is 38.1. The van der Waals surface area contributed by atoms with Crippen molar-refractivity contribution in [2.45, 2.75) is 13.3 Å². The van der Waals surface area contributed by atoms with Gasteiger partial charge in [-0.25, -0.2) is 9.97 Å². The summed E-state index contributed by atoms with van der Waals surface area (Å²) >= 11 is 1.69. The van der Waals surface area contributed by atoms with Crippen molar-refractivity contribution in [2.24, 2.45) is 0 Å². The lowest BCUT2D eigenvalue weighted by Gasteiger charge is -2.35. The van der Waals surface area contributed by atoms with Gasteiger partial charge in [0.25, 0.3) is 5.69 Å². The molecule has 1 aromatic carbocycles. The van der Waals surface area contributed by atoms with E-state index in [0.29, 0.717) is 31.7 Å². The van der Waals surface area contributed by atoms with Crippen molar-refractivity contribution < 1.29 is 9.72 Å². The van der Waals surface area contributed by atoms with Gasteiger partial charge in [0.2, 0.25) is 5.91 Å². The molecule has 8 nitrogen and oxygen atoms in total. The summed E-state index contributed by atoms with van der Waals surface area (Å²) in [7, 11) is 0. The van der Waals surface area contributed by atoms with Gasteiger partial charge in [-0.05, 0) is 24.1 Å². The molecule has 30 heavy (non-hydrogen) atoms. The Kier molecular flexibility index (Phi) is 5.71. The van der Waals surface area contributed by atoms with Crippen LogP contribution in [0.3, 0.4) is 0 Å². The van der Waals surface area contributed by atoms with Crippen molar-refractivity contribution in [2.75, 3.05) is 31.1 Å². The molecule has 3 heterocycles. The number of non-ortho nitro benzene ring substituents is 1. The van der Waals surface area contributed by atoms with E-state index < -0.39 is 4.92 Å². The number of anilines is 1. The van der Waals surface area contributed by atoms with E-state index in [1.165, 1.54) is 23.1 Å². The highest BCUT2D eigenvalue weighted by atomic mass is 32.1. The van der Waals surface area contributed by atoms with Gasteiger partial charge in [-0.2, -0.15) is 0 Å². The number of rotatable bonds is 5. The van der Waals surface area contributed by atoms with Crippen LogP contribution in [0.4, 0.5) is 11.5 Å². The van der Waals surface area contributed by atoms with Crippen LogP contribution >= 0.6 is 11.3 Å². The summed E-state index contributed by atoms with van der Waals surface area (Å²) < 4.78 is 0. The number of fused-ring (bicyclic) bond motifs is 1. The van der Waals surface area contributed by atoms with E-state index in [1.54, 1.807) is 40.8 Å². The van der Waals surface area contributed by atoms with Gasteiger partial charge in [-0.1, -0.05) is 19.1 Å². The quantitative estimate of drug-likeness (QED) is 0.354. The molecule has 1 fully saturated rings. The van der Waals surface area contributed by atoms with Gasteiger partial charge in [-0.3, -0.25) is 14.9 Å². The van der Waals surface area contributed by atoms with Gasteiger partial charge in [0, 0.05) is 49.3 Å². The summed E-state index contributed by atoms with van der Waals surface area (Å²) in [5.74, 6) is 0.827. The molecule has 1 saturated heterocycles. The van der Waals surface area contributed by atoms with Gasteiger partial charge in [-0.15, -0.1) is 11.3 Å². The highest BCUT2D eigenvalue weighted by Crippen LogP contribution is 2.31. The topological polar surface area (TPSA) is 92.5 Å². The average molecular weight is 423 g/mol. The maximum atomic E-state index is 12.6.